The van der Waals surface area contributed by atoms with Gasteiger partial charge in [0.2, 0.25) is 0 Å². The molecule has 138 valence electrons. The second-order valence-corrected chi connectivity index (χ2v) is 7.01. The number of ether oxygens (including phenoxy) is 1. The molecular weight excluding hydrogens is 357 g/mol. The number of halogens is 1. The Labute approximate surface area is 154 Å². The Morgan fingerprint density at radius 2 is 1.81 bits per heavy atom. The first kappa shape index (κ1) is 19.8. The molecule has 0 aliphatic rings. The van der Waals surface area contributed by atoms with Gasteiger partial charge in [-0.1, -0.05) is 24.3 Å². The predicted octanol–water partition coefficient (Wildman–Crippen LogP) is 2.47. The lowest BCUT2D eigenvalue weighted by Gasteiger charge is -2.14. The number of amides is 1. The van der Waals surface area contributed by atoms with Gasteiger partial charge in [-0.25, -0.2) is 9.18 Å². The van der Waals surface area contributed by atoms with Crippen LogP contribution in [0.4, 0.5) is 4.39 Å². The van der Waals surface area contributed by atoms with Crippen LogP contribution in [0.25, 0.3) is 0 Å². The van der Waals surface area contributed by atoms with Gasteiger partial charge < -0.3 is 10.1 Å². The van der Waals surface area contributed by atoms with Crippen molar-refractivity contribution in [3.8, 4) is 0 Å². The van der Waals surface area contributed by atoms with Gasteiger partial charge in [0.15, 0.2) is 6.10 Å². The molecule has 0 radical (unpaired) electrons. The van der Waals surface area contributed by atoms with Crippen LogP contribution in [-0.4, -0.2) is 35.0 Å². The zero-order valence-corrected chi connectivity index (χ0v) is 15.3. The highest BCUT2D eigenvalue weighted by molar-refractivity contribution is 7.84. The van der Waals surface area contributed by atoms with E-state index in [4.69, 9.17) is 4.74 Å². The third-order valence-corrected chi connectivity index (χ3v) is 4.67. The lowest BCUT2D eigenvalue weighted by molar-refractivity contribution is -0.129. The Hall–Kier alpha value is -2.54. The van der Waals surface area contributed by atoms with Crippen molar-refractivity contribution in [2.75, 3.05) is 12.8 Å². The largest absolute Gasteiger partial charge is 0.449 e. The molecule has 1 amide bonds. The molecule has 7 heteroatoms. The third kappa shape index (κ3) is 5.49. The molecule has 0 aromatic heterocycles. The average Bonchev–Trinajstić information content (AvgIpc) is 2.63. The number of rotatable bonds is 7. The maximum Gasteiger partial charge on any atom is 0.340 e. The van der Waals surface area contributed by atoms with E-state index in [-0.39, 0.29) is 11.4 Å². The fraction of sp³-hybridized carbons (Fsp3) is 0.263. The number of esters is 1. The Kier molecular flexibility index (Phi) is 7.03. The van der Waals surface area contributed by atoms with Crippen LogP contribution < -0.4 is 5.32 Å². The van der Waals surface area contributed by atoms with E-state index >= 15 is 0 Å². The summed E-state index contributed by atoms with van der Waals surface area (Å²) in [6.45, 7) is 1.80. The number of benzene rings is 2. The van der Waals surface area contributed by atoms with Gasteiger partial charge >= 0.3 is 5.97 Å². The van der Waals surface area contributed by atoms with Crippen LogP contribution in [0.1, 0.15) is 22.8 Å². The van der Waals surface area contributed by atoms with Crippen LogP contribution in [0.3, 0.4) is 0 Å². The van der Waals surface area contributed by atoms with Gasteiger partial charge in [0.25, 0.3) is 5.91 Å². The standard InChI is InChI=1S/C19H20FNO4S/c1-13(18(22)21-12-11-14-7-9-15(20)10-8-14)25-19(23)16-5-3-4-6-17(16)26(2)24/h3-10,13H,11-12H2,1-2H3,(H,21,22)/t13-,26-/m0/s1. The maximum atomic E-state index is 12.8. The number of carbonyl (C=O) groups excluding carboxylic acids is 2. The lowest BCUT2D eigenvalue weighted by Crippen LogP contribution is -2.37. The Morgan fingerprint density at radius 1 is 1.15 bits per heavy atom. The summed E-state index contributed by atoms with van der Waals surface area (Å²) in [5.74, 6) is -1.45. The highest BCUT2D eigenvalue weighted by atomic mass is 32.2. The van der Waals surface area contributed by atoms with Gasteiger partial charge in [-0.2, -0.15) is 0 Å². The van der Waals surface area contributed by atoms with Crippen LogP contribution >= 0.6 is 0 Å². The summed E-state index contributed by atoms with van der Waals surface area (Å²) in [7, 11) is -1.34. The molecule has 0 fully saturated rings. The number of hydrogen-bond acceptors (Lipinski definition) is 4. The topological polar surface area (TPSA) is 72.5 Å². The van der Waals surface area contributed by atoms with E-state index in [0.29, 0.717) is 17.9 Å². The van der Waals surface area contributed by atoms with E-state index in [1.807, 2.05) is 0 Å². The van der Waals surface area contributed by atoms with E-state index in [2.05, 4.69) is 5.32 Å². The molecule has 0 heterocycles. The molecule has 2 atom stereocenters. The summed E-state index contributed by atoms with van der Waals surface area (Å²) in [5.41, 5.74) is 1.06. The third-order valence-electron chi connectivity index (χ3n) is 3.70. The molecule has 0 saturated carbocycles. The van der Waals surface area contributed by atoms with E-state index in [0.717, 1.165) is 5.56 Å². The molecular formula is C19H20FNO4S. The first-order chi connectivity index (χ1) is 12.4. The van der Waals surface area contributed by atoms with Crippen LogP contribution in [-0.2, 0) is 26.8 Å². The summed E-state index contributed by atoms with van der Waals surface area (Å²) < 4.78 is 29.7. The lowest BCUT2D eigenvalue weighted by atomic mass is 10.1. The molecule has 5 nitrogen and oxygen atoms in total. The molecule has 1 N–H and O–H groups in total. The first-order valence-corrected chi connectivity index (χ1v) is 9.60. The molecule has 2 aromatic rings. The minimum atomic E-state index is -1.34. The fourth-order valence-corrected chi connectivity index (χ4v) is 3.02. The summed E-state index contributed by atoms with van der Waals surface area (Å²) in [6.07, 6.45) is 1.01. The zero-order valence-electron chi connectivity index (χ0n) is 14.5. The molecule has 0 aliphatic carbocycles. The van der Waals surface area contributed by atoms with E-state index in [1.54, 1.807) is 30.3 Å². The van der Waals surface area contributed by atoms with Crippen LogP contribution in [0.15, 0.2) is 53.4 Å². The molecule has 0 bridgehead atoms. The van der Waals surface area contributed by atoms with Gasteiger partial charge in [0.1, 0.15) is 5.82 Å². The van der Waals surface area contributed by atoms with Crippen LogP contribution in [0.5, 0.6) is 0 Å². The highest BCUT2D eigenvalue weighted by Gasteiger charge is 2.21. The number of nitrogens with one attached hydrogen (secondary N) is 1. The normalized spacial score (nSPS) is 12.9. The Morgan fingerprint density at radius 3 is 2.46 bits per heavy atom. The second kappa shape index (κ2) is 9.24. The van der Waals surface area contributed by atoms with Gasteiger partial charge in [-0.15, -0.1) is 0 Å². The highest BCUT2D eigenvalue weighted by Crippen LogP contribution is 2.14. The molecule has 2 rings (SSSR count). The number of hydrogen-bond donors (Lipinski definition) is 1. The van der Waals surface area contributed by atoms with Crippen molar-refractivity contribution in [1.82, 2.24) is 5.32 Å². The van der Waals surface area contributed by atoms with Crippen molar-refractivity contribution in [2.45, 2.75) is 24.3 Å². The first-order valence-electron chi connectivity index (χ1n) is 8.04. The Balaban J connectivity index is 1.87. The maximum absolute atomic E-state index is 12.8. The van der Waals surface area contributed by atoms with E-state index in [1.165, 1.54) is 31.4 Å². The predicted molar refractivity (Wildman–Crippen MR) is 96.8 cm³/mol. The van der Waals surface area contributed by atoms with Gasteiger partial charge in [0, 0.05) is 12.8 Å². The summed E-state index contributed by atoms with van der Waals surface area (Å²) in [5, 5.41) is 2.67. The Bertz CT molecular complexity index is 807. The molecule has 0 aliphatic heterocycles. The van der Waals surface area contributed by atoms with Crippen molar-refractivity contribution < 1.29 is 22.9 Å². The van der Waals surface area contributed by atoms with Crippen molar-refractivity contribution in [2.24, 2.45) is 0 Å². The van der Waals surface area contributed by atoms with Crippen molar-refractivity contribution in [3.63, 3.8) is 0 Å². The minimum absolute atomic E-state index is 0.180. The van der Waals surface area contributed by atoms with Gasteiger partial charge in [-0.05, 0) is 43.2 Å². The van der Waals surface area contributed by atoms with Crippen molar-refractivity contribution in [3.05, 3.63) is 65.5 Å². The van der Waals surface area contributed by atoms with Crippen LogP contribution in [0.2, 0.25) is 0 Å². The van der Waals surface area contributed by atoms with Gasteiger partial charge in [0.05, 0.1) is 21.3 Å². The van der Waals surface area contributed by atoms with E-state index in [9.17, 15) is 18.2 Å². The quantitative estimate of drug-likeness (QED) is 0.753. The summed E-state index contributed by atoms with van der Waals surface area (Å²) in [6, 6.07) is 12.4. The molecule has 0 saturated heterocycles. The monoisotopic (exact) mass is 377 g/mol. The molecule has 0 unspecified atom stereocenters. The SMILES string of the molecule is C[C@H](OC(=O)c1ccccc1[S@](C)=O)C(=O)NCCc1ccc(F)cc1. The fourth-order valence-electron chi connectivity index (χ4n) is 2.29. The number of carbonyl (C=O) groups is 2. The van der Waals surface area contributed by atoms with Crippen molar-refractivity contribution in [1.29, 1.82) is 0 Å². The van der Waals surface area contributed by atoms with Crippen molar-refractivity contribution >= 4 is 22.7 Å². The smallest absolute Gasteiger partial charge is 0.340 e. The van der Waals surface area contributed by atoms with Crippen LogP contribution in [0, 0.1) is 5.82 Å². The van der Waals surface area contributed by atoms with Gasteiger partial charge in [-0.3, -0.25) is 9.00 Å². The minimum Gasteiger partial charge on any atom is -0.449 e. The summed E-state index contributed by atoms with van der Waals surface area (Å²) in [4.78, 5) is 24.7. The molecule has 2 aromatic carbocycles. The second-order valence-electron chi connectivity index (χ2n) is 5.67. The summed E-state index contributed by atoms with van der Waals surface area (Å²) >= 11 is 0. The van der Waals surface area contributed by atoms with E-state index < -0.39 is 28.8 Å². The molecule has 26 heavy (non-hydrogen) atoms. The zero-order chi connectivity index (χ0) is 19.1. The average molecular weight is 377 g/mol. The molecule has 0 spiro atoms.